The minimum atomic E-state index is -0.196. The SMILES string of the molecule is Fc1cccc(C2CCNc3cc(-c4cccs4)nn32)c1. The number of fused-ring (bicyclic) bond motifs is 1. The third-order valence-corrected chi connectivity index (χ3v) is 4.65. The molecule has 1 unspecified atom stereocenters. The predicted molar refractivity (Wildman–Crippen MR) is 83.2 cm³/mol. The molecule has 0 amide bonds. The van der Waals surface area contributed by atoms with Crippen LogP contribution in [0.4, 0.5) is 10.2 Å². The number of nitrogens with zero attached hydrogens (tertiary/aromatic N) is 2. The van der Waals surface area contributed by atoms with Crippen LogP contribution in [0.15, 0.2) is 47.8 Å². The largest absolute Gasteiger partial charge is 0.370 e. The average molecular weight is 299 g/mol. The highest BCUT2D eigenvalue weighted by molar-refractivity contribution is 7.13. The molecule has 2 aromatic heterocycles. The van der Waals surface area contributed by atoms with Gasteiger partial charge in [-0.1, -0.05) is 18.2 Å². The van der Waals surface area contributed by atoms with Crippen molar-refractivity contribution < 1.29 is 4.39 Å². The minimum absolute atomic E-state index is 0.0886. The van der Waals surface area contributed by atoms with Gasteiger partial charge in [0.25, 0.3) is 0 Å². The Balaban J connectivity index is 1.78. The van der Waals surface area contributed by atoms with E-state index in [1.54, 1.807) is 23.5 Å². The molecule has 1 atom stereocenters. The van der Waals surface area contributed by atoms with Gasteiger partial charge in [-0.25, -0.2) is 9.07 Å². The molecule has 0 bridgehead atoms. The molecular weight excluding hydrogens is 285 g/mol. The van der Waals surface area contributed by atoms with Gasteiger partial charge in [0.2, 0.25) is 0 Å². The Morgan fingerprint density at radius 2 is 2.19 bits per heavy atom. The molecule has 4 rings (SSSR count). The summed E-state index contributed by atoms with van der Waals surface area (Å²) in [6.07, 6.45) is 0.905. The zero-order chi connectivity index (χ0) is 14.2. The van der Waals surface area contributed by atoms with Gasteiger partial charge < -0.3 is 5.32 Å². The Morgan fingerprint density at radius 3 is 3.00 bits per heavy atom. The fourth-order valence-corrected chi connectivity index (χ4v) is 3.47. The standard InChI is InChI=1S/C16H14FN3S/c17-12-4-1-3-11(9-12)14-6-7-18-16-10-13(19-20(14)16)15-5-2-8-21-15/h1-5,8-10,14,18H,6-7H2. The number of benzene rings is 1. The summed E-state index contributed by atoms with van der Waals surface area (Å²) in [6, 6.07) is 13.1. The topological polar surface area (TPSA) is 29.9 Å². The van der Waals surface area contributed by atoms with Gasteiger partial charge in [-0.3, -0.25) is 0 Å². The van der Waals surface area contributed by atoms with Crippen LogP contribution in [0, 0.1) is 5.82 Å². The van der Waals surface area contributed by atoms with E-state index >= 15 is 0 Å². The quantitative estimate of drug-likeness (QED) is 0.770. The Labute approximate surface area is 126 Å². The van der Waals surface area contributed by atoms with Crippen LogP contribution in [0.2, 0.25) is 0 Å². The summed E-state index contributed by atoms with van der Waals surface area (Å²) in [7, 11) is 0. The zero-order valence-corrected chi connectivity index (χ0v) is 12.1. The Kier molecular flexibility index (Phi) is 3.00. The summed E-state index contributed by atoms with van der Waals surface area (Å²) in [6.45, 7) is 0.872. The fourth-order valence-electron chi connectivity index (χ4n) is 2.79. The van der Waals surface area contributed by atoms with Crippen LogP contribution in [-0.2, 0) is 0 Å². The van der Waals surface area contributed by atoms with Crippen LogP contribution in [0.5, 0.6) is 0 Å². The number of rotatable bonds is 2. The molecule has 0 fully saturated rings. The first-order chi connectivity index (χ1) is 10.3. The van der Waals surface area contributed by atoms with Crippen molar-refractivity contribution in [3.8, 4) is 10.6 Å². The van der Waals surface area contributed by atoms with Gasteiger partial charge >= 0.3 is 0 Å². The molecule has 0 saturated heterocycles. The summed E-state index contributed by atoms with van der Waals surface area (Å²) in [5.41, 5.74) is 1.94. The van der Waals surface area contributed by atoms with Crippen molar-refractivity contribution in [3.05, 3.63) is 59.2 Å². The first-order valence-corrected chi connectivity index (χ1v) is 7.82. The van der Waals surface area contributed by atoms with Crippen molar-refractivity contribution >= 4 is 17.2 Å². The van der Waals surface area contributed by atoms with Crippen LogP contribution < -0.4 is 5.32 Å². The lowest BCUT2D eigenvalue weighted by Crippen LogP contribution is -2.24. The normalized spacial score (nSPS) is 17.3. The lowest BCUT2D eigenvalue weighted by Gasteiger charge is -2.25. The maximum atomic E-state index is 13.5. The highest BCUT2D eigenvalue weighted by atomic mass is 32.1. The van der Waals surface area contributed by atoms with Gasteiger partial charge in [-0.2, -0.15) is 5.10 Å². The van der Waals surface area contributed by atoms with E-state index in [-0.39, 0.29) is 11.9 Å². The van der Waals surface area contributed by atoms with Crippen molar-refractivity contribution in [2.24, 2.45) is 0 Å². The number of hydrogen-bond acceptors (Lipinski definition) is 3. The van der Waals surface area contributed by atoms with E-state index in [0.29, 0.717) is 0 Å². The Hall–Kier alpha value is -2.14. The molecular formula is C16H14FN3S. The van der Waals surface area contributed by atoms with Gasteiger partial charge in [0.1, 0.15) is 17.3 Å². The van der Waals surface area contributed by atoms with Crippen LogP contribution in [0.25, 0.3) is 10.6 Å². The molecule has 0 saturated carbocycles. The van der Waals surface area contributed by atoms with Gasteiger partial charge in [0.05, 0.1) is 10.9 Å². The first-order valence-electron chi connectivity index (χ1n) is 6.94. The minimum Gasteiger partial charge on any atom is -0.370 e. The summed E-state index contributed by atoms with van der Waals surface area (Å²) in [5.74, 6) is 0.803. The maximum absolute atomic E-state index is 13.5. The van der Waals surface area contributed by atoms with E-state index < -0.39 is 0 Å². The fraction of sp³-hybridized carbons (Fsp3) is 0.188. The average Bonchev–Trinajstić information content (AvgIpc) is 3.15. The molecule has 0 radical (unpaired) electrons. The molecule has 1 aromatic carbocycles. The van der Waals surface area contributed by atoms with Gasteiger partial charge in [-0.15, -0.1) is 11.3 Å². The van der Waals surface area contributed by atoms with Crippen LogP contribution in [0.1, 0.15) is 18.0 Å². The molecule has 1 aliphatic heterocycles. The lowest BCUT2D eigenvalue weighted by atomic mass is 10.0. The van der Waals surface area contributed by atoms with Crippen molar-refractivity contribution in [3.63, 3.8) is 0 Å². The Morgan fingerprint density at radius 1 is 1.24 bits per heavy atom. The summed E-state index contributed by atoms with van der Waals surface area (Å²) in [5, 5.41) is 10.1. The van der Waals surface area contributed by atoms with Crippen molar-refractivity contribution in [2.45, 2.75) is 12.5 Å². The maximum Gasteiger partial charge on any atom is 0.125 e. The molecule has 3 heterocycles. The zero-order valence-electron chi connectivity index (χ0n) is 11.3. The first kappa shape index (κ1) is 12.6. The molecule has 1 aliphatic rings. The number of aromatic nitrogens is 2. The molecule has 21 heavy (non-hydrogen) atoms. The molecule has 5 heteroatoms. The van der Waals surface area contributed by atoms with Crippen molar-refractivity contribution in [1.29, 1.82) is 0 Å². The highest BCUT2D eigenvalue weighted by Crippen LogP contribution is 2.33. The molecule has 0 aliphatic carbocycles. The molecule has 106 valence electrons. The number of halogens is 1. The van der Waals surface area contributed by atoms with E-state index in [1.165, 1.54) is 6.07 Å². The van der Waals surface area contributed by atoms with E-state index in [1.807, 2.05) is 22.2 Å². The molecule has 3 aromatic rings. The second kappa shape index (κ2) is 5.00. The van der Waals surface area contributed by atoms with Crippen molar-refractivity contribution in [1.82, 2.24) is 9.78 Å². The van der Waals surface area contributed by atoms with E-state index in [4.69, 9.17) is 5.10 Å². The van der Waals surface area contributed by atoms with Crippen LogP contribution in [-0.4, -0.2) is 16.3 Å². The number of hydrogen-bond donors (Lipinski definition) is 1. The van der Waals surface area contributed by atoms with Crippen LogP contribution in [0.3, 0.4) is 0 Å². The van der Waals surface area contributed by atoms with E-state index in [2.05, 4.69) is 17.4 Å². The van der Waals surface area contributed by atoms with Gasteiger partial charge in [0.15, 0.2) is 0 Å². The third-order valence-electron chi connectivity index (χ3n) is 3.76. The predicted octanol–water partition coefficient (Wildman–Crippen LogP) is 4.16. The number of anilines is 1. The highest BCUT2D eigenvalue weighted by Gasteiger charge is 2.23. The molecule has 1 N–H and O–H groups in total. The lowest BCUT2D eigenvalue weighted by molar-refractivity contribution is 0.480. The van der Waals surface area contributed by atoms with E-state index in [0.717, 1.165) is 34.9 Å². The monoisotopic (exact) mass is 299 g/mol. The van der Waals surface area contributed by atoms with Crippen LogP contribution >= 0.6 is 11.3 Å². The second-order valence-electron chi connectivity index (χ2n) is 5.12. The number of nitrogens with one attached hydrogen (secondary N) is 1. The Bertz CT molecular complexity index is 764. The molecule has 3 nitrogen and oxygen atoms in total. The summed E-state index contributed by atoms with van der Waals surface area (Å²) >= 11 is 1.68. The molecule has 0 spiro atoms. The smallest absolute Gasteiger partial charge is 0.125 e. The third kappa shape index (κ3) is 2.23. The van der Waals surface area contributed by atoms with Crippen molar-refractivity contribution in [2.75, 3.05) is 11.9 Å². The number of thiophene rings is 1. The summed E-state index contributed by atoms with van der Waals surface area (Å²) in [4.78, 5) is 1.15. The summed E-state index contributed by atoms with van der Waals surface area (Å²) < 4.78 is 15.5. The second-order valence-corrected chi connectivity index (χ2v) is 6.07. The van der Waals surface area contributed by atoms with E-state index in [9.17, 15) is 4.39 Å². The van der Waals surface area contributed by atoms with Gasteiger partial charge in [0, 0.05) is 12.6 Å². The van der Waals surface area contributed by atoms with Gasteiger partial charge in [-0.05, 0) is 35.6 Å².